The average molecular weight is 392 g/mol. The molecule has 0 saturated heterocycles. The summed E-state index contributed by atoms with van der Waals surface area (Å²) in [4.78, 5) is 0. The molecule has 28 heavy (non-hydrogen) atoms. The van der Waals surface area contributed by atoms with Crippen LogP contribution in [0.3, 0.4) is 0 Å². The molecule has 0 radical (unpaired) electrons. The molecule has 0 aliphatic heterocycles. The fourth-order valence-electron chi connectivity index (χ4n) is 3.49. The largest absolute Gasteiger partial charge is 0.395 e. The van der Waals surface area contributed by atoms with E-state index in [1.54, 1.807) is 0 Å². The van der Waals surface area contributed by atoms with E-state index in [0.29, 0.717) is 18.1 Å². The zero-order chi connectivity index (χ0) is 19.5. The van der Waals surface area contributed by atoms with Gasteiger partial charge in [0.25, 0.3) is 0 Å². The van der Waals surface area contributed by atoms with E-state index >= 15 is 0 Å². The Morgan fingerprint density at radius 3 is 2.68 bits per heavy atom. The number of aromatic nitrogens is 2. The maximum atomic E-state index is 8.93. The lowest BCUT2D eigenvalue weighted by molar-refractivity contribution is 0.292. The Hall–Kier alpha value is -2.66. The minimum atomic E-state index is 0.116. The van der Waals surface area contributed by atoms with Gasteiger partial charge in [-0.25, -0.2) is 4.68 Å². The third kappa shape index (κ3) is 3.67. The number of halogens is 1. The molecule has 0 unspecified atom stereocenters. The molecule has 4 rings (SSSR count). The van der Waals surface area contributed by atoms with E-state index in [1.165, 1.54) is 16.7 Å². The first-order chi connectivity index (χ1) is 13.7. The molecule has 0 amide bonds. The van der Waals surface area contributed by atoms with Gasteiger partial charge in [0.05, 0.1) is 17.3 Å². The quantitative estimate of drug-likeness (QED) is 0.467. The van der Waals surface area contributed by atoms with E-state index in [4.69, 9.17) is 21.8 Å². The van der Waals surface area contributed by atoms with Crippen molar-refractivity contribution in [2.45, 2.75) is 13.5 Å². The van der Waals surface area contributed by atoms with Crippen LogP contribution in [-0.2, 0) is 6.54 Å². The van der Waals surface area contributed by atoms with Gasteiger partial charge in [0.15, 0.2) is 0 Å². The molecule has 0 fully saturated rings. The smallest absolute Gasteiger partial charge is 0.111 e. The molecule has 142 valence electrons. The van der Waals surface area contributed by atoms with Crippen LogP contribution in [0.25, 0.3) is 27.7 Å². The molecule has 0 bridgehead atoms. The van der Waals surface area contributed by atoms with E-state index < -0.39 is 0 Å². The third-order valence-electron chi connectivity index (χ3n) is 4.88. The molecule has 0 aliphatic carbocycles. The van der Waals surface area contributed by atoms with Crippen molar-refractivity contribution in [3.8, 4) is 16.8 Å². The predicted molar refractivity (Wildman–Crippen MR) is 115 cm³/mol. The molecule has 3 aromatic carbocycles. The van der Waals surface area contributed by atoms with Gasteiger partial charge in [-0.1, -0.05) is 54.1 Å². The van der Waals surface area contributed by atoms with Gasteiger partial charge in [-0.3, -0.25) is 0 Å². The number of nitrogens with one attached hydrogen (secondary N) is 1. The van der Waals surface area contributed by atoms with Crippen LogP contribution in [0.1, 0.15) is 11.1 Å². The summed E-state index contributed by atoms with van der Waals surface area (Å²) in [5.74, 6) is 0. The number of hydrogen-bond donors (Lipinski definition) is 2. The van der Waals surface area contributed by atoms with Crippen LogP contribution in [0, 0.1) is 6.92 Å². The zero-order valence-electron chi connectivity index (χ0n) is 15.7. The van der Waals surface area contributed by atoms with Gasteiger partial charge in [0.1, 0.15) is 5.52 Å². The van der Waals surface area contributed by atoms with Crippen LogP contribution in [0.4, 0.5) is 0 Å². The van der Waals surface area contributed by atoms with Crippen molar-refractivity contribution >= 4 is 22.5 Å². The Bertz CT molecular complexity index is 1110. The van der Waals surface area contributed by atoms with Crippen molar-refractivity contribution < 1.29 is 5.11 Å². The molecular weight excluding hydrogens is 370 g/mol. The van der Waals surface area contributed by atoms with Crippen LogP contribution in [0.5, 0.6) is 0 Å². The summed E-state index contributed by atoms with van der Waals surface area (Å²) in [5, 5.41) is 18.5. The van der Waals surface area contributed by atoms with E-state index in [-0.39, 0.29) is 6.61 Å². The van der Waals surface area contributed by atoms with E-state index in [9.17, 15) is 0 Å². The first kappa shape index (κ1) is 18.7. The SMILES string of the molecule is Cc1c(-c2ccccc2)cccc1-n1cc2cc(CNCCO)cc(Cl)c2n1. The monoisotopic (exact) mass is 391 g/mol. The Balaban J connectivity index is 1.74. The maximum absolute atomic E-state index is 8.93. The second kappa shape index (κ2) is 8.15. The number of nitrogens with zero attached hydrogens (tertiary/aromatic N) is 2. The molecule has 4 nitrogen and oxygen atoms in total. The first-order valence-corrected chi connectivity index (χ1v) is 9.70. The topological polar surface area (TPSA) is 50.1 Å². The Morgan fingerprint density at radius 2 is 1.89 bits per heavy atom. The Morgan fingerprint density at radius 1 is 1.07 bits per heavy atom. The summed E-state index contributed by atoms with van der Waals surface area (Å²) < 4.78 is 1.91. The summed E-state index contributed by atoms with van der Waals surface area (Å²) in [5.41, 5.74) is 6.44. The van der Waals surface area contributed by atoms with Crippen molar-refractivity contribution in [2.24, 2.45) is 0 Å². The summed E-state index contributed by atoms with van der Waals surface area (Å²) in [6.07, 6.45) is 2.02. The normalized spacial score (nSPS) is 11.2. The van der Waals surface area contributed by atoms with Gasteiger partial charge >= 0.3 is 0 Å². The minimum Gasteiger partial charge on any atom is -0.395 e. The van der Waals surface area contributed by atoms with Gasteiger partial charge in [-0.15, -0.1) is 0 Å². The predicted octanol–water partition coefficient (Wildman–Crippen LogP) is 4.74. The summed E-state index contributed by atoms with van der Waals surface area (Å²) in [7, 11) is 0. The highest BCUT2D eigenvalue weighted by atomic mass is 35.5. The second-order valence-electron chi connectivity index (χ2n) is 6.81. The summed E-state index contributed by atoms with van der Waals surface area (Å²) in [6.45, 7) is 3.45. The van der Waals surface area contributed by atoms with Gasteiger partial charge < -0.3 is 10.4 Å². The number of benzene rings is 3. The molecule has 1 aromatic heterocycles. The zero-order valence-corrected chi connectivity index (χ0v) is 16.4. The maximum Gasteiger partial charge on any atom is 0.111 e. The molecule has 1 heterocycles. The number of aliphatic hydroxyl groups is 1. The number of hydrogen-bond acceptors (Lipinski definition) is 3. The lowest BCUT2D eigenvalue weighted by Gasteiger charge is -2.11. The fourth-order valence-corrected chi connectivity index (χ4v) is 3.78. The molecular formula is C23H22ClN3O. The molecule has 0 atom stereocenters. The lowest BCUT2D eigenvalue weighted by Crippen LogP contribution is -2.17. The Kier molecular flexibility index (Phi) is 5.44. The lowest BCUT2D eigenvalue weighted by atomic mass is 9.99. The van der Waals surface area contributed by atoms with Crippen LogP contribution >= 0.6 is 11.6 Å². The molecule has 0 spiro atoms. The molecule has 4 aromatic rings. The van der Waals surface area contributed by atoms with Crippen LogP contribution < -0.4 is 5.32 Å². The van der Waals surface area contributed by atoms with E-state index in [0.717, 1.165) is 22.2 Å². The van der Waals surface area contributed by atoms with Crippen molar-refractivity contribution in [3.05, 3.63) is 83.0 Å². The molecule has 5 heteroatoms. The molecule has 2 N–H and O–H groups in total. The first-order valence-electron chi connectivity index (χ1n) is 9.32. The van der Waals surface area contributed by atoms with Gasteiger partial charge in [0, 0.05) is 24.7 Å². The molecule has 0 aliphatic rings. The van der Waals surface area contributed by atoms with Crippen LogP contribution in [0.2, 0.25) is 5.02 Å². The molecule has 0 saturated carbocycles. The Labute approximate surface area is 169 Å². The van der Waals surface area contributed by atoms with E-state index in [2.05, 4.69) is 60.8 Å². The summed E-state index contributed by atoms with van der Waals surface area (Å²) >= 11 is 6.49. The van der Waals surface area contributed by atoms with Crippen molar-refractivity contribution in [3.63, 3.8) is 0 Å². The third-order valence-corrected chi connectivity index (χ3v) is 5.16. The highest BCUT2D eigenvalue weighted by molar-refractivity contribution is 6.35. The fraction of sp³-hybridized carbons (Fsp3) is 0.174. The summed E-state index contributed by atoms with van der Waals surface area (Å²) in [6, 6.07) is 20.7. The minimum absolute atomic E-state index is 0.116. The number of aliphatic hydroxyl groups excluding tert-OH is 1. The van der Waals surface area contributed by atoms with Crippen LogP contribution in [-0.4, -0.2) is 28.0 Å². The second-order valence-corrected chi connectivity index (χ2v) is 7.21. The van der Waals surface area contributed by atoms with Gasteiger partial charge in [-0.2, -0.15) is 5.10 Å². The van der Waals surface area contributed by atoms with Gasteiger partial charge in [-0.05, 0) is 47.4 Å². The van der Waals surface area contributed by atoms with Crippen LogP contribution in [0.15, 0.2) is 66.9 Å². The van der Waals surface area contributed by atoms with Crippen molar-refractivity contribution in [2.75, 3.05) is 13.2 Å². The number of fused-ring (bicyclic) bond motifs is 1. The standard InChI is InChI=1S/C23H22ClN3O/c1-16-20(18-6-3-2-4-7-18)8-5-9-22(16)27-15-19-12-17(14-25-10-11-28)13-21(24)23(19)26-27/h2-9,12-13,15,25,28H,10-11,14H2,1H3. The highest BCUT2D eigenvalue weighted by Crippen LogP contribution is 2.30. The van der Waals surface area contributed by atoms with Crippen molar-refractivity contribution in [1.82, 2.24) is 15.1 Å². The van der Waals surface area contributed by atoms with Crippen molar-refractivity contribution in [1.29, 1.82) is 0 Å². The number of rotatable bonds is 6. The van der Waals surface area contributed by atoms with Gasteiger partial charge in [0.2, 0.25) is 0 Å². The average Bonchev–Trinajstić information content (AvgIpc) is 3.13. The highest BCUT2D eigenvalue weighted by Gasteiger charge is 2.12. The van der Waals surface area contributed by atoms with E-state index in [1.807, 2.05) is 23.0 Å².